The molecule has 0 radical (unpaired) electrons. The van der Waals surface area contributed by atoms with Crippen molar-refractivity contribution in [1.82, 2.24) is 0 Å². The molecule has 0 aliphatic heterocycles. The molecule has 0 atom stereocenters. The molecule has 0 aromatic heterocycles. The molecule has 0 saturated carbocycles. The van der Waals surface area contributed by atoms with Crippen LogP contribution in [-0.2, 0) is 0 Å². The van der Waals surface area contributed by atoms with Crippen molar-refractivity contribution in [2.24, 2.45) is 0 Å². The van der Waals surface area contributed by atoms with Gasteiger partial charge in [-0.1, -0.05) is 121 Å². The van der Waals surface area contributed by atoms with Crippen LogP contribution in [0.2, 0.25) is 0 Å². The van der Waals surface area contributed by atoms with Crippen LogP contribution in [-0.4, -0.2) is 10.2 Å². The minimum absolute atomic E-state index is 0.0385. The summed E-state index contributed by atoms with van der Waals surface area (Å²) in [5.41, 5.74) is 7.44. The zero-order valence-corrected chi connectivity index (χ0v) is 26.1. The van der Waals surface area contributed by atoms with Crippen LogP contribution in [0.5, 0.6) is 11.5 Å². The predicted molar refractivity (Wildman–Crippen MR) is 200 cm³/mol. The first-order valence-electron chi connectivity index (χ1n) is 16.0. The highest BCUT2D eigenvalue weighted by Gasteiger charge is 2.25. The van der Waals surface area contributed by atoms with Crippen molar-refractivity contribution in [3.63, 3.8) is 0 Å². The molecular formula is C44H32N2O2. The Labute approximate surface area is 279 Å². The van der Waals surface area contributed by atoms with E-state index in [-0.39, 0.29) is 11.5 Å². The maximum atomic E-state index is 10.6. The van der Waals surface area contributed by atoms with Gasteiger partial charge in [0.05, 0.1) is 16.9 Å². The first kappa shape index (κ1) is 28.9. The van der Waals surface area contributed by atoms with Crippen LogP contribution in [0.25, 0.3) is 32.7 Å². The molecule has 0 saturated heterocycles. The number of nitrogens with zero attached hydrogens (tertiary/aromatic N) is 2. The highest BCUT2D eigenvalue weighted by molar-refractivity contribution is 6.23. The lowest BCUT2D eigenvalue weighted by Crippen LogP contribution is -2.14. The van der Waals surface area contributed by atoms with Crippen LogP contribution in [0.3, 0.4) is 0 Å². The van der Waals surface area contributed by atoms with Gasteiger partial charge in [-0.2, -0.15) is 0 Å². The molecule has 0 heterocycles. The van der Waals surface area contributed by atoms with Crippen molar-refractivity contribution < 1.29 is 10.2 Å². The van der Waals surface area contributed by atoms with E-state index in [0.717, 1.165) is 61.2 Å². The van der Waals surface area contributed by atoms with Crippen molar-refractivity contribution in [2.45, 2.75) is 0 Å². The van der Waals surface area contributed by atoms with Crippen LogP contribution in [0.1, 0.15) is 0 Å². The van der Waals surface area contributed by atoms with Gasteiger partial charge in [0.25, 0.3) is 0 Å². The standard InChI is InChI=1S/C44H32N2O2/c47-40-25-14-26-41(48)42(40)31-27-29-35(30-28-31)46(34-19-8-3-9-20-34)44-38-23-12-10-21-36(38)43(37-22-11-13-24-39(37)44)45(32-15-4-1-5-16-32)33-17-6-2-7-18-33/h1-30,47-48H. The Morgan fingerprint density at radius 1 is 0.292 bits per heavy atom. The topological polar surface area (TPSA) is 46.9 Å². The van der Waals surface area contributed by atoms with E-state index in [1.165, 1.54) is 0 Å². The molecule has 0 amide bonds. The fourth-order valence-electron chi connectivity index (χ4n) is 6.71. The molecule has 8 aromatic carbocycles. The van der Waals surface area contributed by atoms with E-state index >= 15 is 0 Å². The van der Waals surface area contributed by atoms with Gasteiger partial charge in [0.1, 0.15) is 11.5 Å². The first-order chi connectivity index (χ1) is 23.7. The molecule has 48 heavy (non-hydrogen) atoms. The van der Waals surface area contributed by atoms with Crippen LogP contribution < -0.4 is 9.80 Å². The molecule has 4 nitrogen and oxygen atoms in total. The van der Waals surface area contributed by atoms with E-state index < -0.39 is 0 Å². The van der Waals surface area contributed by atoms with Gasteiger partial charge in [-0.05, 0) is 66.2 Å². The van der Waals surface area contributed by atoms with Crippen LogP contribution in [0.15, 0.2) is 182 Å². The van der Waals surface area contributed by atoms with Crippen LogP contribution in [0.4, 0.5) is 34.1 Å². The Hall–Kier alpha value is -6.52. The van der Waals surface area contributed by atoms with E-state index in [1.54, 1.807) is 18.2 Å². The van der Waals surface area contributed by atoms with Crippen molar-refractivity contribution in [3.8, 4) is 22.6 Å². The summed E-state index contributed by atoms with van der Waals surface area (Å²) in [5, 5.41) is 25.6. The minimum Gasteiger partial charge on any atom is -0.507 e. The zero-order chi connectivity index (χ0) is 32.5. The number of para-hydroxylation sites is 3. The average molecular weight is 621 g/mol. The lowest BCUT2D eigenvalue weighted by Gasteiger charge is -2.32. The van der Waals surface area contributed by atoms with Crippen LogP contribution in [0, 0.1) is 0 Å². The second-order valence-electron chi connectivity index (χ2n) is 11.7. The summed E-state index contributed by atoms with van der Waals surface area (Å²) in [6.45, 7) is 0. The van der Waals surface area contributed by atoms with E-state index in [0.29, 0.717) is 5.56 Å². The number of rotatable bonds is 7. The Morgan fingerprint density at radius 3 is 0.958 bits per heavy atom. The predicted octanol–water partition coefficient (Wildman–Crippen LogP) is 12.0. The van der Waals surface area contributed by atoms with E-state index in [9.17, 15) is 10.2 Å². The number of anilines is 6. The third-order valence-corrected chi connectivity index (χ3v) is 8.80. The molecule has 0 aliphatic carbocycles. The second kappa shape index (κ2) is 12.3. The quantitative estimate of drug-likeness (QED) is 0.137. The molecule has 0 aliphatic rings. The molecule has 8 aromatic rings. The minimum atomic E-state index is 0.0385. The molecule has 4 heteroatoms. The summed E-state index contributed by atoms with van der Waals surface area (Å²) in [6.07, 6.45) is 0. The lowest BCUT2D eigenvalue weighted by molar-refractivity contribution is 0.454. The summed E-state index contributed by atoms with van der Waals surface area (Å²) in [7, 11) is 0. The Bertz CT molecular complexity index is 2240. The van der Waals surface area contributed by atoms with Gasteiger partial charge in [0, 0.05) is 44.3 Å². The van der Waals surface area contributed by atoms with Gasteiger partial charge in [-0.15, -0.1) is 0 Å². The molecule has 0 bridgehead atoms. The summed E-state index contributed by atoms with van der Waals surface area (Å²) < 4.78 is 0. The number of benzene rings is 8. The number of fused-ring (bicyclic) bond motifs is 2. The van der Waals surface area contributed by atoms with Crippen molar-refractivity contribution in [1.29, 1.82) is 0 Å². The average Bonchev–Trinajstić information content (AvgIpc) is 3.14. The Balaban J connectivity index is 1.42. The number of phenolic OH excluding ortho intramolecular Hbond substituents is 2. The summed E-state index contributed by atoms with van der Waals surface area (Å²) in [4.78, 5) is 4.66. The number of hydrogen-bond acceptors (Lipinski definition) is 4. The molecule has 2 N–H and O–H groups in total. The fraction of sp³-hybridized carbons (Fsp3) is 0. The number of aromatic hydroxyl groups is 2. The molecule has 0 spiro atoms. The molecule has 0 fully saturated rings. The first-order valence-corrected chi connectivity index (χ1v) is 16.0. The van der Waals surface area contributed by atoms with Gasteiger partial charge >= 0.3 is 0 Å². The van der Waals surface area contributed by atoms with Gasteiger partial charge in [0.2, 0.25) is 0 Å². The number of hydrogen-bond donors (Lipinski definition) is 2. The smallest absolute Gasteiger partial charge is 0.127 e. The Morgan fingerprint density at radius 2 is 0.604 bits per heavy atom. The lowest BCUT2D eigenvalue weighted by atomic mass is 9.95. The van der Waals surface area contributed by atoms with E-state index in [4.69, 9.17) is 0 Å². The van der Waals surface area contributed by atoms with Gasteiger partial charge in [0.15, 0.2) is 0 Å². The zero-order valence-electron chi connectivity index (χ0n) is 26.1. The Kier molecular flexibility index (Phi) is 7.44. The normalized spacial score (nSPS) is 11.1. The maximum absolute atomic E-state index is 10.6. The number of phenols is 2. The second-order valence-corrected chi connectivity index (χ2v) is 11.7. The summed E-state index contributed by atoms with van der Waals surface area (Å²) in [5.74, 6) is 0.0771. The highest BCUT2D eigenvalue weighted by Crippen LogP contribution is 2.51. The summed E-state index contributed by atoms with van der Waals surface area (Å²) in [6, 6.07) is 61.5. The van der Waals surface area contributed by atoms with Crippen molar-refractivity contribution >= 4 is 55.7 Å². The molecule has 8 rings (SSSR count). The largest absolute Gasteiger partial charge is 0.507 e. The summed E-state index contributed by atoms with van der Waals surface area (Å²) >= 11 is 0. The third kappa shape index (κ3) is 5.06. The SMILES string of the molecule is Oc1cccc(O)c1-c1ccc(N(c2ccccc2)c2c3ccccc3c(N(c3ccccc3)c3ccccc3)c3ccccc23)cc1. The van der Waals surface area contributed by atoms with Gasteiger partial charge in [-0.25, -0.2) is 0 Å². The van der Waals surface area contributed by atoms with Gasteiger partial charge in [-0.3, -0.25) is 0 Å². The molecular weight excluding hydrogens is 588 g/mol. The molecule has 0 unspecified atom stereocenters. The van der Waals surface area contributed by atoms with E-state index in [2.05, 4.69) is 143 Å². The molecule has 230 valence electrons. The monoisotopic (exact) mass is 620 g/mol. The van der Waals surface area contributed by atoms with Crippen LogP contribution >= 0.6 is 0 Å². The highest BCUT2D eigenvalue weighted by atomic mass is 16.3. The van der Waals surface area contributed by atoms with Gasteiger partial charge < -0.3 is 20.0 Å². The van der Waals surface area contributed by atoms with E-state index in [1.807, 2.05) is 30.3 Å². The maximum Gasteiger partial charge on any atom is 0.127 e. The fourth-order valence-corrected chi connectivity index (χ4v) is 6.71. The van der Waals surface area contributed by atoms with Crippen molar-refractivity contribution in [3.05, 3.63) is 182 Å². The third-order valence-electron chi connectivity index (χ3n) is 8.80. The van der Waals surface area contributed by atoms with Crippen molar-refractivity contribution in [2.75, 3.05) is 9.80 Å².